The van der Waals surface area contributed by atoms with E-state index in [4.69, 9.17) is 0 Å². The second-order valence-electron chi connectivity index (χ2n) is 1.79. The molecule has 2 nitrogen and oxygen atoms in total. The lowest BCUT2D eigenvalue weighted by atomic mass is 10.6. The monoisotopic (exact) mass is 210 g/mol. The maximum Gasteiger partial charge on any atom is 0.490 e. The van der Waals surface area contributed by atoms with Crippen molar-refractivity contribution in [1.29, 1.82) is 0 Å². The lowest BCUT2D eigenvalue weighted by Gasteiger charge is -2.29. The molecule has 0 saturated carbocycles. The predicted molar refractivity (Wildman–Crippen MR) is 26.1 cm³/mol. The van der Waals surface area contributed by atoms with Gasteiger partial charge in [0.05, 0.1) is 0 Å². The van der Waals surface area contributed by atoms with Gasteiger partial charge in [-0.05, 0) is 11.6 Å². The fourth-order valence-electron chi connectivity index (χ4n) is 0.424. The van der Waals surface area contributed by atoms with E-state index in [1.54, 1.807) is 0 Å². The van der Waals surface area contributed by atoms with E-state index >= 15 is 0 Å². The van der Waals surface area contributed by atoms with Crippen molar-refractivity contribution in [2.75, 3.05) is 0 Å². The third-order valence-corrected chi connectivity index (χ3v) is 1.23. The van der Waals surface area contributed by atoms with Gasteiger partial charge in [-0.25, -0.2) is 0 Å². The normalized spacial score (nSPS) is 34.2. The number of ether oxygens (including phenoxy) is 2. The third-order valence-electron chi connectivity index (χ3n) is 0.929. The topological polar surface area (TPSA) is 18.5 Å². The minimum atomic E-state index is -4.77. The first-order chi connectivity index (χ1) is 5.26. The van der Waals surface area contributed by atoms with Gasteiger partial charge in [-0.2, -0.15) is 22.0 Å². The van der Waals surface area contributed by atoms with E-state index in [2.05, 4.69) is 21.1 Å². The highest BCUT2D eigenvalue weighted by atomic mass is 35.5. The van der Waals surface area contributed by atoms with Crippen molar-refractivity contribution in [1.82, 2.24) is 0 Å². The van der Waals surface area contributed by atoms with Crippen LogP contribution in [0.5, 0.6) is 0 Å². The van der Waals surface area contributed by atoms with Crippen molar-refractivity contribution in [2.24, 2.45) is 0 Å². The van der Waals surface area contributed by atoms with Crippen molar-refractivity contribution in [3.05, 3.63) is 12.0 Å². The Hall–Kier alpha value is -0.720. The Morgan fingerprint density at radius 2 is 1.42 bits per heavy atom. The van der Waals surface area contributed by atoms with E-state index in [1.807, 2.05) is 0 Å². The molecule has 1 aliphatic rings. The highest BCUT2D eigenvalue weighted by Gasteiger charge is 2.64. The average Bonchev–Trinajstić information content (AvgIpc) is 1.82. The van der Waals surface area contributed by atoms with Crippen LogP contribution in [-0.2, 0) is 9.47 Å². The van der Waals surface area contributed by atoms with E-state index in [-0.39, 0.29) is 0 Å². The molecule has 1 atom stereocenters. The van der Waals surface area contributed by atoms with E-state index < -0.39 is 23.4 Å². The van der Waals surface area contributed by atoms with Crippen LogP contribution in [0.15, 0.2) is 12.0 Å². The van der Waals surface area contributed by atoms with Crippen molar-refractivity contribution in [3.63, 3.8) is 0 Å². The molecule has 0 aliphatic carbocycles. The maximum absolute atomic E-state index is 12.3. The molecular formula is C4ClF5O2. The van der Waals surface area contributed by atoms with E-state index in [0.29, 0.717) is 0 Å². The summed E-state index contributed by atoms with van der Waals surface area (Å²) in [4.78, 5) is 0. The minimum absolute atomic E-state index is 2.27. The SMILES string of the molecule is FC1=C(F)OC(F)(Cl)C(F)(F)O1. The van der Waals surface area contributed by atoms with Crippen molar-refractivity contribution >= 4 is 11.6 Å². The summed E-state index contributed by atoms with van der Waals surface area (Å²) in [7, 11) is 0. The summed E-state index contributed by atoms with van der Waals surface area (Å²) in [6, 6.07) is -4.62. The summed E-state index contributed by atoms with van der Waals surface area (Å²) < 4.78 is 66.2. The van der Waals surface area contributed by atoms with Crippen LogP contribution >= 0.6 is 11.6 Å². The third kappa shape index (κ3) is 1.28. The highest BCUT2D eigenvalue weighted by molar-refractivity contribution is 6.22. The van der Waals surface area contributed by atoms with Gasteiger partial charge in [0.15, 0.2) is 0 Å². The highest BCUT2D eigenvalue weighted by Crippen LogP contribution is 2.45. The molecule has 1 rings (SSSR count). The molecule has 0 aromatic carbocycles. The van der Waals surface area contributed by atoms with Gasteiger partial charge in [-0.1, -0.05) is 0 Å². The first kappa shape index (κ1) is 9.37. The van der Waals surface area contributed by atoms with Crippen molar-refractivity contribution in [2.45, 2.75) is 11.4 Å². The molecule has 0 spiro atoms. The number of halogens is 6. The van der Waals surface area contributed by atoms with Gasteiger partial charge in [0.2, 0.25) is 0 Å². The molecule has 0 aromatic heterocycles. The van der Waals surface area contributed by atoms with E-state index in [9.17, 15) is 22.0 Å². The fraction of sp³-hybridized carbons (Fsp3) is 0.500. The molecule has 0 saturated heterocycles. The lowest BCUT2D eigenvalue weighted by molar-refractivity contribution is -0.359. The first-order valence-electron chi connectivity index (χ1n) is 2.45. The molecule has 70 valence electrons. The van der Waals surface area contributed by atoms with Gasteiger partial charge < -0.3 is 9.47 Å². The lowest BCUT2D eigenvalue weighted by Crippen LogP contribution is -2.46. The fourth-order valence-corrected chi connectivity index (χ4v) is 0.530. The molecule has 12 heavy (non-hydrogen) atoms. The second-order valence-corrected chi connectivity index (χ2v) is 2.27. The molecule has 0 amide bonds. The second kappa shape index (κ2) is 2.38. The Labute approximate surface area is 67.5 Å². The number of alkyl halides is 4. The van der Waals surface area contributed by atoms with Crippen molar-refractivity contribution in [3.8, 4) is 0 Å². The number of hydrogen-bond donors (Lipinski definition) is 0. The molecular weight excluding hydrogens is 210 g/mol. The van der Waals surface area contributed by atoms with Crippen LogP contribution in [0, 0.1) is 0 Å². The largest absolute Gasteiger partial charge is 0.490 e. The van der Waals surface area contributed by atoms with E-state index in [0.717, 1.165) is 0 Å². The molecule has 1 aliphatic heterocycles. The van der Waals surface area contributed by atoms with Crippen LogP contribution in [0.4, 0.5) is 22.0 Å². The molecule has 1 unspecified atom stereocenters. The molecule has 1 heterocycles. The molecule has 0 aromatic rings. The minimum Gasteiger partial charge on any atom is -0.407 e. The van der Waals surface area contributed by atoms with Crippen LogP contribution in [0.1, 0.15) is 0 Å². The smallest absolute Gasteiger partial charge is 0.407 e. The number of rotatable bonds is 0. The quantitative estimate of drug-likeness (QED) is 0.452. The summed E-state index contributed by atoms with van der Waals surface area (Å²) in [5, 5.41) is -4.23. The zero-order chi connectivity index (χ0) is 9.57. The summed E-state index contributed by atoms with van der Waals surface area (Å²) in [5.74, 6) is 0. The predicted octanol–water partition coefficient (Wildman–Crippen LogP) is 2.55. The zero-order valence-electron chi connectivity index (χ0n) is 5.08. The molecule has 0 radical (unpaired) electrons. The summed E-state index contributed by atoms with van der Waals surface area (Å²) in [5.41, 5.74) is 0. The van der Waals surface area contributed by atoms with Gasteiger partial charge in [-0.15, -0.1) is 0 Å². The van der Waals surface area contributed by atoms with Gasteiger partial charge in [0, 0.05) is 0 Å². The van der Waals surface area contributed by atoms with Crippen LogP contribution < -0.4 is 0 Å². The average molecular weight is 210 g/mol. The van der Waals surface area contributed by atoms with Crippen LogP contribution in [0.25, 0.3) is 0 Å². The molecule has 0 fully saturated rings. The Bertz CT molecular complexity index is 214. The van der Waals surface area contributed by atoms with Gasteiger partial charge in [-0.3, -0.25) is 0 Å². The standard InChI is InChI=1S/C4ClF5O2/c5-3(8)4(9,10)12-2(7)1(6)11-3. The summed E-state index contributed by atoms with van der Waals surface area (Å²) in [6.07, 6.45) is -4.77. The van der Waals surface area contributed by atoms with Crippen LogP contribution in [0.3, 0.4) is 0 Å². The van der Waals surface area contributed by atoms with Crippen LogP contribution in [0.2, 0.25) is 0 Å². The molecule has 0 bridgehead atoms. The summed E-state index contributed by atoms with van der Waals surface area (Å²) >= 11 is 4.32. The zero-order valence-corrected chi connectivity index (χ0v) is 5.84. The van der Waals surface area contributed by atoms with Gasteiger partial charge in [0.25, 0.3) is 0 Å². The van der Waals surface area contributed by atoms with Crippen molar-refractivity contribution < 1.29 is 31.4 Å². The molecule has 0 N–H and O–H groups in total. The van der Waals surface area contributed by atoms with Gasteiger partial charge >= 0.3 is 23.4 Å². The Morgan fingerprint density at radius 3 is 1.83 bits per heavy atom. The number of hydrogen-bond acceptors (Lipinski definition) is 2. The summed E-state index contributed by atoms with van der Waals surface area (Å²) in [6.45, 7) is 0. The van der Waals surface area contributed by atoms with Gasteiger partial charge in [0.1, 0.15) is 0 Å². The Kier molecular flexibility index (Phi) is 1.86. The van der Waals surface area contributed by atoms with E-state index in [1.165, 1.54) is 0 Å². The molecule has 8 heteroatoms. The first-order valence-corrected chi connectivity index (χ1v) is 2.83. The Balaban J connectivity index is 3.00. The van der Waals surface area contributed by atoms with Crippen LogP contribution in [-0.4, -0.2) is 11.4 Å². The maximum atomic E-state index is 12.3. The Morgan fingerprint density at radius 1 is 1.00 bits per heavy atom.